The predicted octanol–water partition coefficient (Wildman–Crippen LogP) is 4.74. The Bertz CT molecular complexity index is 1630. The largest absolute Gasteiger partial charge is 0.486 e. The highest BCUT2D eigenvalue weighted by atomic mass is 19.1. The number of allylic oxidation sites excluding steroid dienone is 1. The third kappa shape index (κ3) is 4.72. The van der Waals surface area contributed by atoms with Crippen LogP contribution in [-0.4, -0.2) is 39.7 Å². The highest BCUT2D eigenvalue weighted by Gasteiger charge is 2.22. The van der Waals surface area contributed by atoms with Gasteiger partial charge in [0.15, 0.2) is 11.5 Å². The molecule has 0 bridgehead atoms. The lowest BCUT2D eigenvalue weighted by Gasteiger charge is -2.19. The fourth-order valence-electron chi connectivity index (χ4n) is 5.01. The number of aryl methyl sites for hydroxylation is 1. The van der Waals surface area contributed by atoms with E-state index in [1.807, 2.05) is 11.3 Å². The molecule has 1 aliphatic carbocycles. The second-order valence-electron chi connectivity index (χ2n) is 9.62. The first kappa shape index (κ1) is 24.7. The number of hydrogen-bond acceptors (Lipinski definition) is 7. The number of imidazole rings is 1. The Hall–Kier alpha value is -4.64. The number of ether oxygens (including phenoxy) is 2. The van der Waals surface area contributed by atoms with Crippen molar-refractivity contribution in [2.24, 2.45) is 5.73 Å². The van der Waals surface area contributed by atoms with Crippen LogP contribution < -0.4 is 31.6 Å². The first-order valence-corrected chi connectivity index (χ1v) is 12.7. The van der Waals surface area contributed by atoms with Gasteiger partial charge in [-0.3, -0.25) is 4.40 Å². The van der Waals surface area contributed by atoms with Crippen LogP contribution in [0.25, 0.3) is 22.3 Å². The van der Waals surface area contributed by atoms with E-state index in [2.05, 4.69) is 26.7 Å². The van der Waals surface area contributed by atoms with E-state index < -0.39 is 11.8 Å². The summed E-state index contributed by atoms with van der Waals surface area (Å²) in [7, 11) is 0. The van der Waals surface area contributed by atoms with Crippen LogP contribution in [0.1, 0.15) is 30.8 Å². The fourth-order valence-corrected chi connectivity index (χ4v) is 5.01. The lowest BCUT2D eigenvalue weighted by Crippen LogP contribution is -2.22. The Morgan fingerprint density at radius 1 is 1.10 bits per heavy atom. The van der Waals surface area contributed by atoms with Crippen LogP contribution in [-0.2, 0) is 0 Å². The van der Waals surface area contributed by atoms with Gasteiger partial charge in [-0.2, -0.15) is 0 Å². The Labute approximate surface area is 223 Å². The lowest BCUT2D eigenvalue weighted by molar-refractivity contribution is 0.171. The zero-order valence-corrected chi connectivity index (χ0v) is 21.3. The number of nitrogen functional groups attached to an aromatic ring is 1. The molecule has 0 spiro atoms. The van der Waals surface area contributed by atoms with E-state index in [1.165, 1.54) is 6.07 Å². The maximum absolute atomic E-state index is 15.4. The van der Waals surface area contributed by atoms with E-state index in [-0.39, 0.29) is 23.1 Å². The third-order valence-corrected chi connectivity index (χ3v) is 6.92. The molecule has 2 amide bonds. The minimum Gasteiger partial charge on any atom is -0.486 e. The van der Waals surface area contributed by atoms with Crippen molar-refractivity contribution in [3.05, 3.63) is 66.0 Å². The number of fused-ring (bicyclic) bond motifs is 2. The number of halogens is 1. The average Bonchev–Trinajstić information content (AvgIpc) is 3.27. The summed E-state index contributed by atoms with van der Waals surface area (Å²) in [5.41, 5.74) is 16.3. The number of carbonyl (C=O) groups excluding carboxylic acids is 1. The summed E-state index contributed by atoms with van der Waals surface area (Å²) in [5, 5.41) is 5.38. The Balaban J connectivity index is 1.26. The monoisotopic (exact) mass is 529 g/mol. The van der Waals surface area contributed by atoms with Crippen LogP contribution in [0.15, 0.2) is 48.7 Å². The zero-order valence-electron chi connectivity index (χ0n) is 21.3. The number of carbonyl (C=O) groups is 1. The number of nitrogens with zero attached hydrogens (tertiary/aromatic N) is 3. The second kappa shape index (κ2) is 9.91. The molecular weight excluding hydrogens is 501 g/mol. The van der Waals surface area contributed by atoms with Crippen molar-refractivity contribution in [2.75, 3.05) is 29.6 Å². The highest BCUT2D eigenvalue weighted by Crippen LogP contribution is 2.35. The smallest absolute Gasteiger partial charge is 0.323 e. The van der Waals surface area contributed by atoms with Crippen LogP contribution in [0.2, 0.25) is 0 Å². The molecule has 11 heteroatoms. The number of nitrogens with two attached hydrogens (primary N) is 2. The summed E-state index contributed by atoms with van der Waals surface area (Å²) in [5.74, 6) is 1.54. The summed E-state index contributed by atoms with van der Waals surface area (Å²) in [6, 6.07) is 9.15. The van der Waals surface area contributed by atoms with Crippen molar-refractivity contribution < 1.29 is 18.7 Å². The molecule has 1 unspecified atom stereocenters. The van der Waals surface area contributed by atoms with E-state index in [0.29, 0.717) is 47.4 Å². The van der Waals surface area contributed by atoms with Gasteiger partial charge in [0.1, 0.15) is 41.9 Å². The summed E-state index contributed by atoms with van der Waals surface area (Å²) in [6.45, 7) is 2.77. The van der Waals surface area contributed by atoms with Crippen LogP contribution >= 0.6 is 0 Å². The summed E-state index contributed by atoms with van der Waals surface area (Å²) in [4.78, 5) is 21.6. The normalized spacial score (nSPS) is 16.6. The average molecular weight is 530 g/mol. The number of aromatic nitrogens is 3. The van der Waals surface area contributed by atoms with Crippen molar-refractivity contribution in [1.29, 1.82) is 0 Å². The van der Waals surface area contributed by atoms with E-state index in [0.717, 1.165) is 30.5 Å². The minimum absolute atomic E-state index is 0.148. The maximum atomic E-state index is 15.4. The molecule has 4 aromatic rings. The number of hydrogen-bond donors (Lipinski definition) is 4. The van der Waals surface area contributed by atoms with Crippen LogP contribution in [0, 0.1) is 12.7 Å². The van der Waals surface area contributed by atoms with E-state index in [9.17, 15) is 4.79 Å². The number of amides is 2. The summed E-state index contributed by atoms with van der Waals surface area (Å²) >= 11 is 0. The zero-order chi connectivity index (χ0) is 27.1. The molecule has 0 fully saturated rings. The second-order valence-corrected chi connectivity index (χ2v) is 9.62. The van der Waals surface area contributed by atoms with Gasteiger partial charge in [-0.05, 0) is 62.1 Å². The van der Waals surface area contributed by atoms with Gasteiger partial charge in [-0.15, -0.1) is 0 Å². The Morgan fingerprint density at radius 3 is 2.59 bits per heavy atom. The molecule has 200 valence electrons. The molecule has 0 saturated carbocycles. The molecule has 2 aromatic heterocycles. The first-order chi connectivity index (χ1) is 18.9. The number of benzene rings is 2. The van der Waals surface area contributed by atoms with Crippen molar-refractivity contribution in [3.8, 4) is 22.8 Å². The molecule has 1 aliphatic heterocycles. The lowest BCUT2D eigenvalue weighted by atomic mass is 9.94. The quantitative estimate of drug-likeness (QED) is 0.299. The molecule has 2 aliphatic rings. The van der Waals surface area contributed by atoms with Crippen LogP contribution in [0.3, 0.4) is 0 Å². The van der Waals surface area contributed by atoms with Gasteiger partial charge >= 0.3 is 6.03 Å². The van der Waals surface area contributed by atoms with Gasteiger partial charge in [0.2, 0.25) is 0 Å². The minimum atomic E-state index is -0.556. The Morgan fingerprint density at radius 2 is 1.85 bits per heavy atom. The van der Waals surface area contributed by atoms with Crippen molar-refractivity contribution >= 4 is 34.3 Å². The van der Waals surface area contributed by atoms with Crippen molar-refractivity contribution in [2.45, 2.75) is 32.2 Å². The van der Waals surface area contributed by atoms with E-state index in [4.69, 9.17) is 20.9 Å². The maximum Gasteiger partial charge on any atom is 0.323 e. The summed E-state index contributed by atoms with van der Waals surface area (Å²) < 4.78 is 28.4. The molecule has 10 nitrogen and oxygen atoms in total. The molecule has 6 N–H and O–H groups in total. The van der Waals surface area contributed by atoms with Gasteiger partial charge in [-0.1, -0.05) is 6.08 Å². The topological polar surface area (TPSA) is 142 Å². The number of nitrogens with one attached hydrogen (secondary N) is 2. The van der Waals surface area contributed by atoms with Gasteiger partial charge in [0.05, 0.1) is 11.9 Å². The van der Waals surface area contributed by atoms with Crippen molar-refractivity contribution in [1.82, 2.24) is 14.4 Å². The highest BCUT2D eigenvalue weighted by molar-refractivity contribution is 6.00. The molecule has 6 rings (SSSR count). The van der Waals surface area contributed by atoms with Gasteiger partial charge in [0, 0.05) is 29.0 Å². The number of rotatable bonds is 4. The summed E-state index contributed by atoms with van der Waals surface area (Å²) in [6.07, 6.45) is 6.33. The number of urea groups is 1. The fraction of sp³-hybridized carbons (Fsp3) is 0.250. The van der Waals surface area contributed by atoms with Crippen molar-refractivity contribution in [3.63, 3.8) is 0 Å². The van der Waals surface area contributed by atoms with Crippen LogP contribution in [0.5, 0.6) is 11.5 Å². The van der Waals surface area contributed by atoms with E-state index >= 15 is 4.39 Å². The van der Waals surface area contributed by atoms with Gasteiger partial charge < -0.3 is 31.6 Å². The molecule has 3 heterocycles. The first-order valence-electron chi connectivity index (χ1n) is 12.7. The Kier molecular flexibility index (Phi) is 6.27. The molecule has 0 radical (unpaired) electrons. The van der Waals surface area contributed by atoms with Gasteiger partial charge in [0.25, 0.3) is 0 Å². The SMILES string of the molecule is Cc1nc(-c2ccc(NC(=O)Nc3ccc4c(c3)OCCO4)cc2F)c2c(N)ncc(C3=CCC(N)CC3)n12. The molecule has 1 atom stereocenters. The molecule has 2 aromatic carbocycles. The predicted molar refractivity (Wildman–Crippen MR) is 147 cm³/mol. The number of anilines is 3. The molecular formula is C28H28FN7O3. The molecule has 39 heavy (non-hydrogen) atoms. The standard InChI is InChI=1S/C28H28FN7O3/c1-15-33-25(26-27(31)32-14-22(36(15)26)16-2-4-17(30)5-3-16)20-8-6-18(12-21(20)29)34-28(37)35-19-7-9-23-24(13-19)39-11-10-38-23/h2,6-9,12-14,17H,3-5,10-11,30H2,1H3,(H2,31,32)(H2,34,35,37). The third-order valence-electron chi connectivity index (χ3n) is 6.92. The van der Waals surface area contributed by atoms with Gasteiger partial charge in [-0.25, -0.2) is 19.2 Å². The van der Waals surface area contributed by atoms with E-state index in [1.54, 1.807) is 36.5 Å². The van der Waals surface area contributed by atoms with Crippen LogP contribution in [0.4, 0.5) is 26.4 Å². The molecule has 0 saturated heterocycles.